The second kappa shape index (κ2) is 6.78. The Kier molecular flexibility index (Phi) is 4.24. The van der Waals surface area contributed by atoms with Crippen LogP contribution in [0, 0.1) is 18.8 Å². The highest BCUT2D eigenvalue weighted by atomic mass is 16.3. The van der Waals surface area contributed by atoms with Crippen LogP contribution in [0.3, 0.4) is 0 Å². The monoisotopic (exact) mass is 374 g/mol. The number of H-pyrrole nitrogens is 1. The Morgan fingerprint density at radius 1 is 1.25 bits per heavy atom. The molecule has 2 aromatic rings. The number of fused-ring (bicyclic) bond motifs is 2. The molecular formula is C24H26N2O2. The van der Waals surface area contributed by atoms with Gasteiger partial charge in [0.1, 0.15) is 0 Å². The lowest BCUT2D eigenvalue weighted by Crippen LogP contribution is -2.36. The minimum atomic E-state index is -0.374. The number of pyridine rings is 1. The smallest absolute Gasteiger partial charge is 0.255 e. The van der Waals surface area contributed by atoms with Gasteiger partial charge in [-0.05, 0) is 55.7 Å². The SMILES string of the molecule is Cc1c(-c2ccc[nH]c2=O)c2c(n1CC1=CCC(O)C=C1)=CC1CCCC1C=2. The van der Waals surface area contributed by atoms with Gasteiger partial charge < -0.3 is 14.7 Å². The van der Waals surface area contributed by atoms with E-state index >= 15 is 0 Å². The second-order valence-corrected chi connectivity index (χ2v) is 8.29. The van der Waals surface area contributed by atoms with Gasteiger partial charge in [0.05, 0.1) is 6.10 Å². The molecule has 4 heteroatoms. The summed E-state index contributed by atoms with van der Waals surface area (Å²) in [5.74, 6) is 1.20. The van der Waals surface area contributed by atoms with Crippen LogP contribution in [-0.2, 0) is 6.54 Å². The standard InChI is InChI=1S/C24H26N2O2/c1-15-23(20-6-3-11-25-24(20)28)21-12-17-4-2-5-18(17)13-22(21)26(15)14-16-7-9-19(27)10-8-16/h3,6-9,11-13,17-19,27H,2,4-5,10,14H2,1H3,(H,25,28). The number of hydrogen-bond acceptors (Lipinski definition) is 2. The van der Waals surface area contributed by atoms with E-state index in [0.29, 0.717) is 18.3 Å². The Balaban J connectivity index is 1.72. The minimum absolute atomic E-state index is 0.0348. The van der Waals surface area contributed by atoms with Crippen molar-refractivity contribution in [2.24, 2.45) is 11.8 Å². The van der Waals surface area contributed by atoms with Crippen LogP contribution in [-0.4, -0.2) is 20.8 Å². The summed E-state index contributed by atoms with van der Waals surface area (Å²) in [7, 11) is 0. The van der Waals surface area contributed by atoms with Gasteiger partial charge in [-0.1, -0.05) is 36.8 Å². The number of nitrogens with one attached hydrogen (secondary N) is 1. The number of aliphatic hydroxyl groups excluding tert-OH is 1. The molecule has 0 aliphatic heterocycles. The highest BCUT2D eigenvalue weighted by Gasteiger charge is 2.28. The molecular weight excluding hydrogens is 348 g/mol. The van der Waals surface area contributed by atoms with E-state index in [9.17, 15) is 9.90 Å². The Morgan fingerprint density at radius 2 is 2.07 bits per heavy atom. The first kappa shape index (κ1) is 17.5. The third kappa shape index (κ3) is 2.83. The summed E-state index contributed by atoms with van der Waals surface area (Å²) in [5.41, 5.74) is 4.13. The second-order valence-electron chi connectivity index (χ2n) is 8.29. The van der Waals surface area contributed by atoms with Crippen molar-refractivity contribution in [3.8, 4) is 11.1 Å². The number of nitrogens with zero attached hydrogens (tertiary/aromatic N) is 1. The van der Waals surface area contributed by atoms with Crippen molar-refractivity contribution in [2.75, 3.05) is 0 Å². The lowest BCUT2D eigenvalue weighted by molar-refractivity contribution is 0.225. The van der Waals surface area contributed by atoms with E-state index in [1.54, 1.807) is 6.20 Å². The molecule has 2 aromatic heterocycles. The molecule has 4 nitrogen and oxygen atoms in total. The molecule has 0 amide bonds. The number of hydrogen-bond donors (Lipinski definition) is 2. The maximum absolute atomic E-state index is 12.6. The number of allylic oxidation sites excluding steroid dienone is 2. The van der Waals surface area contributed by atoms with Crippen LogP contribution in [0.2, 0.25) is 0 Å². The van der Waals surface area contributed by atoms with E-state index in [0.717, 1.165) is 23.4 Å². The Hall–Kier alpha value is -2.59. The third-order valence-electron chi connectivity index (χ3n) is 6.56. The maximum Gasteiger partial charge on any atom is 0.255 e. The molecule has 3 atom stereocenters. The molecule has 0 saturated heterocycles. The zero-order valence-corrected chi connectivity index (χ0v) is 16.2. The van der Waals surface area contributed by atoms with E-state index < -0.39 is 0 Å². The molecule has 3 unspecified atom stereocenters. The number of aromatic nitrogens is 2. The summed E-state index contributed by atoms with van der Waals surface area (Å²) in [5, 5.41) is 12.2. The van der Waals surface area contributed by atoms with Crippen LogP contribution in [0.15, 0.2) is 46.9 Å². The maximum atomic E-state index is 12.6. The quantitative estimate of drug-likeness (QED) is 0.867. The van der Waals surface area contributed by atoms with Crippen LogP contribution in [0.25, 0.3) is 23.3 Å². The first-order valence-electron chi connectivity index (χ1n) is 10.3. The molecule has 0 spiro atoms. The number of rotatable bonds is 3. The predicted octanol–water partition coefficient (Wildman–Crippen LogP) is 2.39. The van der Waals surface area contributed by atoms with Crippen molar-refractivity contribution in [3.05, 3.63) is 68.7 Å². The van der Waals surface area contributed by atoms with Crippen LogP contribution in [0.4, 0.5) is 0 Å². The summed E-state index contributed by atoms with van der Waals surface area (Å²) < 4.78 is 2.36. The van der Waals surface area contributed by atoms with Crippen molar-refractivity contribution < 1.29 is 5.11 Å². The van der Waals surface area contributed by atoms with Gasteiger partial charge in [-0.15, -0.1) is 0 Å². The molecule has 2 N–H and O–H groups in total. The molecule has 1 fully saturated rings. The van der Waals surface area contributed by atoms with Gasteiger partial charge in [0.25, 0.3) is 5.56 Å². The fourth-order valence-electron chi connectivity index (χ4n) is 5.10. The lowest BCUT2D eigenvalue weighted by Gasteiger charge is -2.17. The normalized spacial score (nSPS) is 25.5. The molecule has 0 aromatic carbocycles. The summed E-state index contributed by atoms with van der Waals surface area (Å²) in [6.07, 6.45) is 16.6. The van der Waals surface area contributed by atoms with E-state index in [2.05, 4.69) is 34.7 Å². The highest BCUT2D eigenvalue weighted by Crippen LogP contribution is 2.35. The Morgan fingerprint density at radius 3 is 2.82 bits per heavy atom. The van der Waals surface area contributed by atoms with Crippen LogP contribution >= 0.6 is 0 Å². The lowest BCUT2D eigenvalue weighted by atomic mass is 9.90. The van der Waals surface area contributed by atoms with Gasteiger partial charge >= 0.3 is 0 Å². The van der Waals surface area contributed by atoms with E-state index in [1.165, 1.54) is 35.4 Å². The van der Waals surface area contributed by atoms with Gasteiger partial charge in [0, 0.05) is 40.1 Å². The Labute approximate surface area is 164 Å². The van der Waals surface area contributed by atoms with Gasteiger partial charge in [0.15, 0.2) is 0 Å². The molecule has 5 rings (SSSR count). The topological polar surface area (TPSA) is 58.0 Å². The van der Waals surface area contributed by atoms with Gasteiger partial charge in [0.2, 0.25) is 0 Å². The minimum Gasteiger partial charge on any atom is -0.389 e. The van der Waals surface area contributed by atoms with Crippen molar-refractivity contribution in [3.63, 3.8) is 0 Å². The first-order valence-corrected chi connectivity index (χ1v) is 10.3. The molecule has 28 heavy (non-hydrogen) atoms. The number of aromatic amines is 1. The van der Waals surface area contributed by atoms with Crippen molar-refractivity contribution >= 4 is 12.2 Å². The average molecular weight is 374 g/mol. The van der Waals surface area contributed by atoms with E-state index in [1.807, 2.05) is 24.3 Å². The number of aliphatic hydroxyl groups is 1. The van der Waals surface area contributed by atoms with Crippen molar-refractivity contribution in [2.45, 2.75) is 45.3 Å². The Bertz CT molecular complexity index is 1160. The molecule has 3 aliphatic carbocycles. The summed E-state index contributed by atoms with van der Waals surface area (Å²) in [4.78, 5) is 15.4. The fraction of sp³-hybridized carbons (Fsp3) is 0.375. The van der Waals surface area contributed by atoms with Crippen LogP contribution < -0.4 is 16.1 Å². The molecule has 3 aliphatic rings. The average Bonchev–Trinajstić information content (AvgIpc) is 3.25. The highest BCUT2D eigenvalue weighted by molar-refractivity contribution is 5.69. The van der Waals surface area contributed by atoms with Gasteiger partial charge in [-0.25, -0.2) is 0 Å². The fourth-order valence-corrected chi connectivity index (χ4v) is 5.10. The van der Waals surface area contributed by atoms with E-state index in [-0.39, 0.29) is 11.7 Å². The van der Waals surface area contributed by atoms with Crippen LogP contribution in [0.1, 0.15) is 31.4 Å². The third-order valence-corrected chi connectivity index (χ3v) is 6.56. The van der Waals surface area contributed by atoms with Gasteiger partial charge in [-0.2, -0.15) is 0 Å². The zero-order valence-electron chi connectivity index (χ0n) is 16.2. The largest absolute Gasteiger partial charge is 0.389 e. The van der Waals surface area contributed by atoms with Crippen molar-refractivity contribution in [1.29, 1.82) is 0 Å². The van der Waals surface area contributed by atoms with E-state index in [4.69, 9.17) is 0 Å². The van der Waals surface area contributed by atoms with Crippen LogP contribution in [0.5, 0.6) is 0 Å². The summed E-state index contributed by atoms with van der Waals surface area (Å²) in [6, 6.07) is 3.83. The molecule has 0 radical (unpaired) electrons. The first-order chi connectivity index (χ1) is 13.6. The molecule has 0 bridgehead atoms. The molecule has 144 valence electrons. The van der Waals surface area contributed by atoms with Crippen molar-refractivity contribution in [1.82, 2.24) is 9.55 Å². The molecule has 1 saturated carbocycles. The van der Waals surface area contributed by atoms with Gasteiger partial charge in [-0.3, -0.25) is 4.79 Å². The zero-order chi connectivity index (χ0) is 19.3. The summed E-state index contributed by atoms with van der Waals surface area (Å²) >= 11 is 0. The predicted molar refractivity (Wildman–Crippen MR) is 112 cm³/mol. The molecule has 2 heterocycles. The summed E-state index contributed by atoms with van der Waals surface area (Å²) in [6.45, 7) is 2.89.